The number of hydrogen-bond donors (Lipinski definition) is 1. The molecule has 3 rings (SSSR count). The number of carbonyl (C=O) groups excluding carboxylic acids is 2. The Labute approximate surface area is 156 Å². The van der Waals surface area contributed by atoms with Crippen molar-refractivity contribution in [2.45, 2.75) is 32.6 Å². The highest BCUT2D eigenvalue weighted by Gasteiger charge is 2.24. The van der Waals surface area contributed by atoms with Gasteiger partial charge in [0.2, 0.25) is 0 Å². The molecule has 1 aromatic rings. The zero-order chi connectivity index (χ0) is 18.4. The number of benzene rings is 1. The van der Waals surface area contributed by atoms with E-state index in [2.05, 4.69) is 10.2 Å². The van der Waals surface area contributed by atoms with Crippen LogP contribution in [0.25, 0.3) is 0 Å². The molecule has 5 heteroatoms. The quantitative estimate of drug-likeness (QED) is 0.795. The van der Waals surface area contributed by atoms with E-state index in [0.717, 1.165) is 58.0 Å². The lowest BCUT2D eigenvalue weighted by atomic mass is 9.92. The number of ketones is 1. The van der Waals surface area contributed by atoms with Crippen LogP contribution in [0.1, 0.15) is 53.3 Å². The number of piperidine rings is 1. The number of nitrogens with one attached hydrogen (secondary N) is 1. The first-order valence-electron chi connectivity index (χ1n) is 10.0. The number of hydrogen-bond acceptors (Lipinski definition) is 4. The molecule has 0 unspecified atom stereocenters. The Morgan fingerprint density at radius 1 is 1.00 bits per heavy atom. The summed E-state index contributed by atoms with van der Waals surface area (Å²) in [7, 11) is 0. The van der Waals surface area contributed by atoms with Crippen molar-refractivity contribution in [3.8, 4) is 0 Å². The summed E-state index contributed by atoms with van der Waals surface area (Å²) in [5.41, 5.74) is 1.38. The summed E-state index contributed by atoms with van der Waals surface area (Å²) in [6, 6.07) is 7.14. The van der Waals surface area contributed by atoms with Gasteiger partial charge >= 0.3 is 0 Å². The molecule has 0 spiro atoms. The van der Waals surface area contributed by atoms with Gasteiger partial charge in [0.05, 0.1) is 0 Å². The van der Waals surface area contributed by atoms with Crippen molar-refractivity contribution < 1.29 is 9.59 Å². The Kier molecular flexibility index (Phi) is 6.80. The van der Waals surface area contributed by atoms with Gasteiger partial charge in [0.1, 0.15) is 0 Å². The molecule has 142 valence electrons. The van der Waals surface area contributed by atoms with Crippen molar-refractivity contribution in [3.05, 3.63) is 35.4 Å². The molecule has 2 fully saturated rings. The Morgan fingerprint density at radius 2 is 1.62 bits per heavy atom. The van der Waals surface area contributed by atoms with Crippen LogP contribution in [0.15, 0.2) is 24.3 Å². The second kappa shape index (κ2) is 9.28. The number of carbonyl (C=O) groups is 2. The molecule has 0 radical (unpaired) electrons. The summed E-state index contributed by atoms with van der Waals surface area (Å²) in [6.45, 7) is 9.27. The zero-order valence-corrected chi connectivity index (χ0v) is 15.9. The van der Waals surface area contributed by atoms with E-state index >= 15 is 0 Å². The third kappa shape index (κ3) is 4.92. The number of Topliss-reactive ketones (excluding diaryl/α,β-unsaturated/α-hetero) is 1. The molecule has 2 aliphatic rings. The van der Waals surface area contributed by atoms with Crippen LogP contribution in [0.2, 0.25) is 0 Å². The van der Waals surface area contributed by atoms with Crippen LogP contribution in [0, 0.1) is 5.92 Å². The lowest BCUT2D eigenvalue weighted by Crippen LogP contribution is -2.44. The molecule has 0 atom stereocenters. The molecule has 2 aliphatic heterocycles. The van der Waals surface area contributed by atoms with Crippen LogP contribution in [0.4, 0.5) is 0 Å². The third-order valence-electron chi connectivity index (χ3n) is 5.74. The standard InChI is InChI=1S/C21H31N3O2/c1-2-20(25)18-3-5-19(6-4-18)21(26)24-13-8-17(9-14-24)7-12-23-15-10-22-11-16-23/h3-6,17,22H,2,7-16H2,1H3. The predicted molar refractivity (Wildman–Crippen MR) is 104 cm³/mol. The van der Waals surface area contributed by atoms with Crippen LogP contribution in [-0.2, 0) is 0 Å². The van der Waals surface area contributed by atoms with Gasteiger partial charge in [-0.25, -0.2) is 0 Å². The Hall–Kier alpha value is -1.72. The summed E-state index contributed by atoms with van der Waals surface area (Å²) in [5.74, 6) is 0.953. The van der Waals surface area contributed by atoms with E-state index in [9.17, 15) is 9.59 Å². The van der Waals surface area contributed by atoms with Crippen molar-refractivity contribution in [1.29, 1.82) is 0 Å². The fourth-order valence-electron chi connectivity index (χ4n) is 3.91. The molecule has 1 N–H and O–H groups in total. The number of likely N-dealkylation sites (tertiary alicyclic amines) is 1. The summed E-state index contributed by atoms with van der Waals surface area (Å²) >= 11 is 0. The Morgan fingerprint density at radius 3 is 2.23 bits per heavy atom. The van der Waals surface area contributed by atoms with Crippen molar-refractivity contribution in [1.82, 2.24) is 15.1 Å². The molecular formula is C21H31N3O2. The van der Waals surface area contributed by atoms with Crippen molar-refractivity contribution in [3.63, 3.8) is 0 Å². The van der Waals surface area contributed by atoms with Gasteiger partial charge in [-0.1, -0.05) is 19.1 Å². The monoisotopic (exact) mass is 357 g/mol. The van der Waals surface area contributed by atoms with Gasteiger partial charge in [-0.2, -0.15) is 0 Å². The predicted octanol–water partition coefficient (Wildman–Crippen LogP) is 2.43. The molecule has 2 heterocycles. The van der Waals surface area contributed by atoms with Gasteiger partial charge in [-0.3, -0.25) is 9.59 Å². The molecular weight excluding hydrogens is 326 g/mol. The van der Waals surface area contributed by atoms with Crippen LogP contribution < -0.4 is 5.32 Å². The molecule has 0 saturated carbocycles. The minimum atomic E-state index is 0.0982. The zero-order valence-electron chi connectivity index (χ0n) is 15.9. The second-order valence-electron chi connectivity index (χ2n) is 7.47. The SMILES string of the molecule is CCC(=O)c1ccc(C(=O)N2CCC(CCN3CCNCC3)CC2)cc1. The molecule has 1 amide bonds. The lowest BCUT2D eigenvalue weighted by molar-refractivity contribution is 0.0679. The van der Waals surface area contributed by atoms with Crippen LogP contribution in [0.3, 0.4) is 0 Å². The highest BCUT2D eigenvalue weighted by molar-refractivity contribution is 5.98. The lowest BCUT2D eigenvalue weighted by Gasteiger charge is -2.34. The van der Waals surface area contributed by atoms with Gasteiger partial charge < -0.3 is 15.1 Å². The first-order valence-corrected chi connectivity index (χ1v) is 10.0. The van der Waals surface area contributed by atoms with Gasteiger partial charge in [-0.15, -0.1) is 0 Å². The highest BCUT2D eigenvalue weighted by Crippen LogP contribution is 2.22. The van der Waals surface area contributed by atoms with E-state index in [1.54, 1.807) is 24.3 Å². The minimum Gasteiger partial charge on any atom is -0.339 e. The second-order valence-corrected chi connectivity index (χ2v) is 7.47. The van der Waals surface area contributed by atoms with E-state index in [1.807, 2.05) is 11.8 Å². The fraction of sp³-hybridized carbons (Fsp3) is 0.619. The smallest absolute Gasteiger partial charge is 0.253 e. The van der Waals surface area contributed by atoms with Crippen molar-refractivity contribution >= 4 is 11.7 Å². The van der Waals surface area contributed by atoms with E-state index in [4.69, 9.17) is 0 Å². The van der Waals surface area contributed by atoms with Gasteiger partial charge in [0.15, 0.2) is 5.78 Å². The molecule has 1 aromatic carbocycles. The van der Waals surface area contributed by atoms with Gasteiger partial charge in [-0.05, 0) is 43.9 Å². The number of nitrogens with zero attached hydrogens (tertiary/aromatic N) is 2. The fourth-order valence-corrected chi connectivity index (χ4v) is 3.91. The van der Waals surface area contributed by atoms with Crippen LogP contribution >= 0.6 is 0 Å². The highest BCUT2D eigenvalue weighted by atomic mass is 16.2. The summed E-state index contributed by atoms with van der Waals surface area (Å²) in [6.07, 6.45) is 3.94. The topological polar surface area (TPSA) is 52.7 Å². The molecule has 26 heavy (non-hydrogen) atoms. The molecule has 2 saturated heterocycles. The molecule has 0 bridgehead atoms. The maximum atomic E-state index is 12.7. The maximum absolute atomic E-state index is 12.7. The Bertz CT molecular complexity index is 600. The normalized spacial score (nSPS) is 19.5. The van der Waals surface area contributed by atoms with E-state index in [-0.39, 0.29) is 11.7 Å². The largest absolute Gasteiger partial charge is 0.339 e. The molecule has 0 aliphatic carbocycles. The van der Waals surface area contributed by atoms with Crippen molar-refractivity contribution in [2.75, 3.05) is 45.8 Å². The van der Waals surface area contributed by atoms with Gasteiger partial charge in [0.25, 0.3) is 5.91 Å². The van der Waals surface area contributed by atoms with E-state index in [1.165, 1.54) is 13.0 Å². The first kappa shape index (κ1) is 19.1. The first-order chi connectivity index (χ1) is 12.7. The van der Waals surface area contributed by atoms with Crippen LogP contribution in [-0.4, -0.2) is 67.3 Å². The number of amides is 1. The average molecular weight is 357 g/mol. The third-order valence-corrected chi connectivity index (χ3v) is 5.74. The Balaban J connectivity index is 1.45. The van der Waals surface area contributed by atoms with Crippen molar-refractivity contribution in [2.24, 2.45) is 5.92 Å². The average Bonchev–Trinajstić information content (AvgIpc) is 2.72. The summed E-state index contributed by atoms with van der Waals surface area (Å²) in [5, 5.41) is 3.39. The minimum absolute atomic E-state index is 0.0982. The maximum Gasteiger partial charge on any atom is 0.253 e. The molecule has 5 nitrogen and oxygen atoms in total. The van der Waals surface area contributed by atoms with E-state index in [0.29, 0.717) is 17.5 Å². The molecule has 0 aromatic heterocycles. The van der Waals surface area contributed by atoms with E-state index < -0.39 is 0 Å². The number of rotatable bonds is 6. The summed E-state index contributed by atoms with van der Waals surface area (Å²) in [4.78, 5) is 28.9. The van der Waals surface area contributed by atoms with Gasteiger partial charge in [0, 0.05) is 56.8 Å². The summed E-state index contributed by atoms with van der Waals surface area (Å²) < 4.78 is 0. The van der Waals surface area contributed by atoms with Crippen LogP contribution in [0.5, 0.6) is 0 Å². The number of piperazine rings is 1.